The molecule has 1 aromatic heterocycles. The Morgan fingerprint density at radius 3 is 3.06 bits per heavy atom. The third kappa shape index (κ3) is 2.27. The zero-order chi connectivity index (χ0) is 11.5. The molecular formula is C10H12N2O4. The second-order valence-corrected chi connectivity index (χ2v) is 3.71. The van der Waals surface area contributed by atoms with E-state index >= 15 is 0 Å². The highest BCUT2D eigenvalue weighted by Gasteiger charge is 2.30. The molecule has 2 heterocycles. The van der Waals surface area contributed by atoms with E-state index in [1.807, 2.05) is 0 Å². The predicted molar refractivity (Wildman–Crippen MR) is 54.0 cm³/mol. The van der Waals surface area contributed by atoms with Gasteiger partial charge in [0.05, 0.1) is 12.6 Å². The molecule has 1 N–H and O–H groups in total. The molecule has 0 aromatic carbocycles. The molecule has 1 aromatic rings. The van der Waals surface area contributed by atoms with Crippen LogP contribution < -0.4 is 5.56 Å². The molecule has 0 radical (unpaired) electrons. The summed E-state index contributed by atoms with van der Waals surface area (Å²) in [5.41, 5.74) is -0.204. The summed E-state index contributed by atoms with van der Waals surface area (Å²) in [6.45, 7) is 0.309. The van der Waals surface area contributed by atoms with Crippen LogP contribution >= 0.6 is 0 Å². The Morgan fingerprint density at radius 2 is 2.44 bits per heavy atom. The molecule has 0 bridgehead atoms. The zero-order valence-electron chi connectivity index (χ0n) is 8.57. The minimum absolute atomic E-state index is 0.204. The van der Waals surface area contributed by atoms with Gasteiger partial charge >= 0.3 is 5.97 Å². The van der Waals surface area contributed by atoms with Crippen molar-refractivity contribution in [3.05, 3.63) is 28.7 Å². The normalized spacial score (nSPS) is 24.5. The molecule has 0 saturated carbocycles. The maximum absolute atomic E-state index is 11.4. The van der Waals surface area contributed by atoms with Crippen molar-refractivity contribution < 1.29 is 14.6 Å². The molecule has 1 saturated heterocycles. The maximum atomic E-state index is 11.4. The van der Waals surface area contributed by atoms with E-state index in [-0.39, 0.29) is 11.7 Å². The largest absolute Gasteiger partial charge is 0.479 e. The van der Waals surface area contributed by atoms with Crippen LogP contribution in [0.2, 0.25) is 0 Å². The quantitative estimate of drug-likeness (QED) is 0.773. The van der Waals surface area contributed by atoms with E-state index in [1.54, 1.807) is 6.07 Å². The Bertz CT molecular complexity index is 442. The van der Waals surface area contributed by atoms with Crippen LogP contribution in [0.5, 0.6) is 0 Å². The number of carboxylic acid groups (broad SMARTS) is 1. The fourth-order valence-corrected chi connectivity index (χ4v) is 1.74. The number of hydrogen-bond acceptors (Lipinski definition) is 4. The number of hydrogen-bond donors (Lipinski definition) is 1. The smallest absolute Gasteiger partial charge is 0.332 e. The number of carbonyl (C=O) groups is 1. The lowest BCUT2D eigenvalue weighted by Crippen LogP contribution is -2.29. The van der Waals surface area contributed by atoms with Gasteiger partial charge in [-0.1, -0.05) is 0 Å². The molecule has 86 valence electrons. The van der Waals surface area contributed by atoms with Gasteiger partial charge in [0.2, 0.25) is 0 Å². The molecule has 0 aliphatic carbocycles. The molecule has 2 unspecified atom stereocenters. The van der Waals surface area contributed by atoms with Crippen LogP contribution in [0.4, 0.5) is 0 Å². The van der Waals surface area contributed by atoms with Crippen molar-refractivity contribution in [2.45, 2.75) is 31.6 Å². The topological polar surface area (TPSA) is 81.4 Å². The zero-order valence-corrected chi connectivity index (χ0v) is 8.57. The van der Waals surface area contributed by atoms with Crippen molar-refractivity contribution in [2.75, 3.05) is 0 Å². The Hall–Kier alpha value is -1.69. The lowest BCUT2D eigenvalue weighted by molar-refractivity contribution is -0.149. The first kappa shape index (κ1) is 10.8. The van der Waals surface area contributed by atoms with Gasteiger partial charge in [0.1, 0.15) is 0 Å². The lowest BCUT2D eigenvalue weighted by atomic mass is 10.2. The average molecular weight is 224 g/mol. The van der Waals surface area contributed by atoms with Crippen LogP contribution in [0.25, 0.3) is 0 Å². The molecule has 0 spiro atoms. The van der Waals surface area contributed by atoms with Crippen molar-refractivity contribution >= 4 is 5.97 Å². The Morgan fingerprint density at radius 1 is 1.62 bits per heavy atom. The number of ether oxygens (including phenoxy) is 1. The minimum atomic E-state index is -0.948. The highest BCUT2D eigenvalue weighted by molar-refractivity contribution is 5.72. The summed E-state index contributed by atoms with van der Waals surface area (Å²) in [6, 6.07) is 2.98. The van der Waals surface area contributed by atoms with Crippen molar-refractivity contribution in [2.24, 2.45) is 0 Å². The van der Waals surface area contributed by atoms with Gasteiger partial charge in [-0.2, -0.15) is 5.10 Å². The molecule has 2 rings (SSSR count). The van der Waals surface area contributed by atoms with Gasteiger partial charge in [-0.15, -0.1) is 0 Å². The van der Waals surface area contributed by atoms with E-state index in [0.29, 0.717) is 19.4 Å². The standard InChI is InChI=1S/C10H12N2O4/c13-9-2-1-5-11-12(9)6-7-3-4-8(16-7)10(14)15/h1-2,5,7-8H,3-4,6H2,(H,14,15). The molecule has 1 fully saturated rings. The van der Waals surface area contributed by atoms with Gasteiger partial charge in [0, 0.05) is 12.3 Å². The first-order valence-corrected chi connectivity index (χ1v) is 5.07. The van der Waals surface area contributed by atoms with Crippen molar-refractivity contribution in [3.8, 4) is 0 Å². The molecule has 2 atom stereocenters. The van der Waals surface area contributed by atoms with E-state index in [2.05, 4.69) is 5.10 Å². The average Bonchev–Trinajstić information content (AvgIpc) is 2.70. The molecule has 6 nitrogen and oxygen atoms in total. The molecule has 6 heteroatoms. The predicted octanol–water partition coefficient (Wildman–Crippen LogP) is -0.125. The van der Waals surface area contributed by atoms with Gasteiger partial charge < -0.3 is 9.84 Å². The summed E-state index contributed by atoms with van der Waals surface area (Å²) in [4.78, 5) is 22.0. The molecule has 1 aliphatic heterocycles. The van der Waals surface area contributed by atoms with Crippen LogP contribution in [-0.4, -0.2) is 33.1 Å². The third-order valence-corrected chi connectivity index (χ3v) is 2.54. The number of carboxylic acids is 1. The van der Waals surface area contributed by atoms with E-state index in [9.17, 15) is 9.59 Å². The van der Waals surface area contributed by atoms with Crippen LogP contribution in [0.15, 0.2) is 23.1 Å². The first-order chi connectivity index (χ1) is 7.66. The van der Waals surface area contributed by atoms with Gasteiger partial charge in [-0.25, -0.2) is 9.48 Å². The number of rotatable bonds is 3. The maximum Gasteiger partial charge on any atom is 0.332 e. The Balaban J connectivity index is 2.00. The Kier molecular flexibility index (Phi) is 3.00. The monoisotopic (exact) mass is 224 g/mol. The molecule has 1 aliphatic rings. The van der Waals surface area contributed by atoms with E-state index in [4.69, 9.17) is 9.84 Å². The summed E-state index contributed by atoms with van der Waals surface area (Å²) >= 11 is 0. The Labute approximate surface area is 91.5 Å². The fraction of sp³-hybridized carbons (Fsp3) is 0.500. The van der Waals surface area contributed by atoms with Crippen LogP contribution in [0.1, 0.15) is 12.8 Å². The molecule has 16 heavy (non-hydrogen) atoms. The number of aliphatic carboxylic acids is 1. The van der Waals surface area contributed by atoms with Crippen molar-refractivity contribution in [1.82, 2.24) is 9.78 Å². The summed E-state index contributed by atoms with van der Waals surface area (Å²) in [6.07, 6.45) is 1.66. The number of nitrogens with zero attached hydrogens (tertiary/aromatic N) is 2. The molecular weight excluding hydrogens is 212 g/mol. The van der Waals surface area contributed by atoms with Crippen LogP contribution in [0, 0.1) is 0 Å². The third-order valence-electron chi connectivity index (χ3n) is 2.54. The molecule has 0 amide bonds. The van der Waals surface area contributed by atoms with Crippen LogP contribution in [0.3, 0.4) is 0 Å². The van der Waals surface area contributed by atoms with E-state index in [0.717, 1.165) is 0 Å². The summed E-state index contributed by atoms with van der Waals surface area (Å²) in [5, 5.41) is 12.6. The summed E-state index contributed by atoms with van der Waals surface area (Å²) in [5.74, 6) is -0.948. The van der Waals surface area contributed by atoms with Crippen molar-refractivity contribution in [1.29, 1.82) is 0 Å². The second-order valence-electron chi connectivity index (χ2n) is 3.71. The second kappa shape index (κ2) is 4.44. The highest BCUT2D eigenvalue weighted by Crippen LogP contribution is 2.20. The summed E-state index contributed by atoms with van der Waals surface area (Å²) < 4.78 is 6.57. The fourth-order valence-electron chi connectivity index (χ4n) is 1.74. The van der Waals surface area contributed by atoms with Crippen LogP contribution in [-0.2, 0) is 16.1 Å². The first-order valence-electron chi connectivity index (χ1n) is 5.07. The van der Waals surface area contributed by atoms with E-state index in [1.165, 1.54) is 16.9 Å². The van der Waals surface area contributed by atoms with E-state index < -0.39 is 12.1 Å². The highest BCUT2D eigenvalue weighted by atomic mass is 16.5. The lowest BCUT2D eigenvalue weighted by Gasteiger charge is -2.11. The van der Waals surface area contributed by atoms with Gasteiger partial charge in [0.15, 0.2) is 6.10 Å². The van der Waals surface area contributed by atoms with Gasteiger partial charge in [0.25, 0.3) is 5.56 Å². The van der Waals surface area contributed by atoms with Gasteiger partial charge in [-0.05, 0) is 18.9 Å². The minimum Gasteiger partial charge on any atom is -0.479 e. The van der Waals surface area contributed by atoms with Gasteiger partial charge in [-0.3, -0.25) is 4.79 Å². The number of aromatic nitrogens is 2. The van der Waals surface area contributed by atoms with Crippen molar-refractivity contribution in [3.63, 3.8) is 0 Å². The summed E-state index contributed by atoms with van der Waals surface area (Å²) in [7, 11) is 0. The SMILES string of the molecule is O=C(O)C1CCC(Cn2ncccc2=O)O1.